The average molecular weight is 262 g/mol. The van der Waals surface area contributed by atoms with E-state index in [0.29, 0.717) is 13.1 Å². The van der Waals surface area contributed by atoms with Crippen molar-refractivity contribution in [2.75, 3.05) is 19.6 Å². The van der Waals surface area contributed by atoms with Crippen LogP contribution in [0.2, 0.25) is 0 Å². The Kier molecular flexibility index (Phi) is 4.80. The highest BCUT2D eigenvalue weighted by atomic mass is 32.1. The predicted molar refractivity (Wildman–Crippen MR) is 74.2 cm³/mol. The van der Waals surface area contributed by atoms with Crippen molar-refractivity contribution >= 4 is 17.2 Å². The zero-order chi connectivity index (χ0) is 12.8. The van der Waals surface area contributed by atoms with Gasteiger partial charge in [-0.2, -0.15) is 0 Å². The largest absolute Gasteiger partial charge is 0.351 e. The Labute approximate surface area is 112 Å². The van der Waals surface area contributed by atoms with E-state index >= 15 is 0 Å². The van der Waals surface area contributed by atoms with E-state index in [1.165, 1.54) is 4.88 Å². The van der Waals surface area contributed by atoms with Crippen LogP contribution >= 0.6 is 11.3 Å². The van der Waals surface area contributed by atoms with E-state index in [-0.39, 0.29) is 11.8 Å². The minimum atomic E-state index is 0.152. The molecular weight excluding hydrogens is 244 g/mol. The van der Waals surface area contributed by atoms with Crippen molar-refractivity contribution in [1.29, 1.82) is 0 Å². The van der Waals surface area contributed by atoms with Gasteiger partial charge in [0, 0.05) is 10.8 Å². The van der Waals surface area contributed by atoms with Crippen molar-refractivity contribution in [3.63, 3.8) is 0 Å². The van der Waals surface area contributed by atoms with Crippen molar-refractivity contribution in [3.8, 4) is 12.3 Å². The lowest BCUT2D eigenvalue weighted by atomic mass is 9.96. The van der Waals surface area contributed by atoms with Gasteiger partial charge in [0.15, 0.2) is 0 Å². The van der Waals surface area contributed by atoms with E-state index in [1.807, 2.05) is 17.5 Å². The zero-order valence-electron chi connectivity index (χ0n) is 10.4. The summed E-state index contributed by atoms with van der Waals surface area (Å²) in [7, 11) is 0. The van der Waals surface area contributed by atoms with Crippen LogP contribution in [0.15, 0.2) is 17.5 Å². The molecule has 3 nitrogen and oxygen atoms in total. The van der Waals surface area contributed by atoms with Crippen LogP contribution in [0.4, 0.5) is 0 Å². The Morgan fingerprint density at radius 3 is 2.94 bits per heavy atom. The van der Waals surface area contributed by atoms with Gasteiger partial charge in [0.1, 0.15) is 0 Å². The fraction of sp³-hybridized carbons (Fsp3) is 0.500. The number of hydrogen-bond acceptors (Lipinski definition) is 3. The third-order valence-electron chi connectivity index (χ3n) is 3.29. The monoisotopic (exact) mass is 262 g/mol. The molecule has 1 aliphatic rings. The second-order valence-corrected chi connectivity index (χ2v) is 5.58. The van der Waals surface area contributed by atoms with Gasteiger partial charge in [-0.15, -0.1) is 17.8 Å². The number of terminal acetylenes is 1. The van der Waals surface area contributed by atoms with Gasteiger partial charge in [-0.1, -0.05) is 12.0 Å². The highest BCUT2D eigenvalue weighted by Gasteiger charge is 2.24. The number of hydrogen-bond donors (Lipinski definition) is 1. The van der Waals surface area contributed by atoms with Gasteiger partial charge in [-0.05, 0) is 37.4 Å². The van der Waals surface area contributed by atoms with Crippen LogP contribution in [0.5, 0.6) is 0 Å². The van der Waals surface area contributed by atoms with Crippen LogP contribution in [0, 0.1) is 18.3 Å². The molecule has 0 radical (unpaired) electrons. The molecule has 0 atom stereocenters. The molecule has 0 aromatic carbocycles. The Morgan fingerprint density at radius 2 is 2.33 bits per heavy atom. The molecule has 1 aromatic rings. The molecule has 1 saturated heterocycles. The van der Waals surface area contributed by atoms with Crippen LogP contribution in [0.1, 0.15) is 17.7 Å². The summed E-state index contributed by atoms with van der Waals surface area (Å²) in [6.07, 6.45) is 7.12. The number of nitrogens with one attached hydrogen (secondary N) is 1. The number of rotatable bonds is 4. The number of carbonyl (C=O) groups is 1. The third-order valence-corrected chi connectivity index (χ3v) is 4.17. The molecule has 0 aliphatic carbocycles. The Bertz CT molecular complexity index is 414. The van der Waals surface area contributed by atoms with Crippen LogP contribution in [-0.4, -0.2) is 30.4 Å². The summed E-state index contributed by atoms with van der Waals surface area (Å²) in [6, 6.07) is 4.05. The van der Waals surface area contributed by atoms with Crippen LogP contribution in [0.25, 0.3) is 0 Å². The first-order valence-electron chi connectivity index (χ1n) is 6.25. The molecule has 18 heavy (non-hydrogen) atoms. The van der Waals surface area contributed by atoms with Crippen molar-refractivity contribution < 1.29 is 4.79 Å². The molecule has 1 aliphatic heterocycles. The van der Waals surface area contributed by atoms with Crippen molar-refractivity contribution in [1.82, 2.24) is 10.2 Å². The normalized spacial score (nSPS) is 17.3. The summed E-state index contributed by atoms with van der Waals surface area (Å²) in [5, 5.41) is 5.04. The van der Waals surface area contributed by atoms with E-state index in [1.54, 1.807) is 11.3 Å². The lowest BCUT2D eigenvalue weighted by Gasteiger charge is -2.29. The number of nitrogens with zero attached hydrogens (tertiary/aromatic N) is 1. The standard InChI is InChI=1S/C14H18N2OS/c1-2-7-16-8-5-12(6-9-16)14(17)15-11-13-4-3-10-18-13/h1,3-4,10,12H,5-9,11H2,(H,15,17). The molecule has 2 rings (SSSR count). The molecule has 1 fully saturated rings. The van der Waals surface area contributed by atoms with Gasteiger partial charge >= 0.3 is 0 Å². The molecular formula is C14H18N2OS. The Morgan fingerprint density at radius 1 is 1.56 bits per heavy atom. The lowest BCUT2D eigenvalue weighted by molar-refractivity contribution is -0.126. The zero-order valence-corrected chi connectivity index (χ0v) is 11.2. The fourth-order valence-corrected chi connectivity index (χ4v) is 2.86. The summed E-state index contributed by atoms with van der Waals surface area (Å²) in [5.74, 6) is 2.99. The Hall–Kier alpha value is -1.31. The summed E-state index contributed by atoms with van der Waals surface area (Å²) < 4.78 is 0. The first-order valence-corrected chi connectivity index (χ1v) is 7.13. The second kappa shape index (κ2) is 6.58. The summed E-state index contributed by atoms with van der Waals surface area (Å²) in [6.45, 7) is 3.22. The summed E-state index contributed by atoms with van der Waals surface area (Å²) >= 11 is 1.67. The number of likely N-dealkylation sites (tertiary alicyclic amines) is 1. The van der Waals surface area contributed by atoms with E-state index in [4.69, 9.17) is 6.42 Å². The summed E-state index contributed by atoms with van der Waals surface area (Å²) in [5.41, 5.74) is 0. The SMILES string of the molecule is C#CCN1CCC(C(=O)NCc2cccs2)CC1. The topological polar surface area (TPSA) is 32.3 Å². The first kappa shape index (κ1) is 13.1. The van der Waals surface area contributed by atoms with Gasteiger partial charge in [0.05, 0.1) is 13.1 Å². The predicted octanol–water partition coefficient (Wildman–Crippen LogP) is 1.71. The fourth-order valence-electron chi connectivity index (χ4n) is 2.21. The second-order valence-electron chi connectivity index (χ2n) is 4.55. The molecule has 2 heterocycles. The van der Waals surface area contributed by atoms with E-state index in [2.05, 4.69) is 16.1 Å². The molecule has 0 spiro atoms. The average Bonchev–Trinajstić information content (AvgIpc) is 2.90. The highest BCUT2D eigenvalue weighted by molar-refractivity contribution is 7.09. The lowest BCUT2D eigenvalue weighted by Crippen LogP contribution is -2.40. The van der Waals surface area contributed by atoms with Crippen LogP contribution in [-0.2, 0) is 11.3 Å². The third kappa shape index (κ3) is 3.59. The molecule has 0 bridgehead atoms. The molecule has 4 heteroatoms. The molecule has 96 valence electrons. The molecule has 1 amide bonds. The van der Waals surface area contributed by atoms with Gasteiger partial charge in [-0.3, -0.25) is 9.69 Å². The molecule has 0 unspecified atom stereocenters. The molecule has 0 saturated carbocycles. The van der Waals surface area contributed by atoms with Gasteiger partial charge < -0.3 is 5.32 Å². The van der Waals surface area contributed by atoms with Crippen LogP contribution in [0.3, 0.4) is 0 Å². The number of amides is 1. The number of carbonyl (C=O) groups excluding carboxylic acids is 1. The maximum Gasteiger partial charge on any atom is 0.223 e. The van der Waals surface area contributed by atoms with Crippen molar-refractivity contribution in [2.24, 2.45) is 5.92 Å². The minimum absolute atomic E-state index is 0.152. The van der Waals surface area contributed by atoms with Crippen molar-refractivity contribution in [2.45, 2.75) is 19.4 Å². The van der Waals surface area contributed by atoms with Gasteiger partial charge in [0.25, 0.3) is 0 Å². The molecule has 1 aromatic heterocycles. The van der Waals surface area contributed by atoms with E-state index < -0.39 is 0 Å². The Balaban J connectivity index is 1.72. The number of thiophene rings is 1. The number of piperidine rings is 1. The van der Waals surface area contributed by atoms with Crippen LogP contribution < -0.4 is 5.32 Å². The summed E-state index contributed by atoms with van der Waals surface area (Å²) in [4.78, 5) is 15.4. The minimum Gasteiger partial charge on any atom is -0.351 e. The van der Waals surface area contributed by atoms with E-state index in [0.717, 1.165) is 25.9 Å². The molecule has 1 N–H and O–H groups in total. The first-order chi connectivity index (χ1) is 8.79. The quantitative estimate of drug-likeness (QED) is 0.838. The maximum absolute atomic E-state index is 12.0. The smallest absolute Gasteiger partial charge is 0.223 e. The van der Waals surface area contributed by atoms with Crippen molar-refractivity contribution in [3.05, 3.63) is 22.4 Å². The van der Waals surface area contributed by atoms with E-state index in [9.17, 15) is 4.79 Å². The highest BCUT2D eigenvalue weighted by Crippen LogP contribution is 2.17. The van der Waals surface area contributed by atoms with Gasteiger partial charge in [0.2, 0.25) is 5.91 Å². The van der Waals surface area contributed by atoms with Gasteiger partial charge in [-0.25, -0.2) is 0 Å². The maximum atomic E-state index is 12.0.